The minimum atomic E-state index is -0.0708. The Morgan fingerprint density at radius 1 is 1.00 bits per heavy atom. The number of halogens is 1. The van der Waals surface area contributed by atoms with Gasteiger partial charge in [-0.2, -0.15) is 0 Å². The number of nitrogens with zero attached hydrogens (tertiary/aromatic N) is 1. The Bertz CT molecular complexity index is 753. The molecule has 2 aromatic rings. The first-order valence-corrected chi connectivity index (χ1v) is 8.94. The highest BCUT2D eigenvalue weighted by Crippen LogP contribution is 2.18. The molecule has 0 aliphatic carbocycles. The first kappa shape index (κ1) is 17.5. The fourth-order valence-corrected chi connectivity index (χ4v) is 3.20. The minimum Gasteiger partial charge on any atom is -0.339 e. The topological polar surface area (TPSA) is 49.4 Å². The van der Waals surface area contributed by atoms with Gasteiger partial charge in [-0.05, 0) is 55.2 Å². The monoisotopic (exact) mass is 356 g/mol. The molecule has 1 fully saturated rings. The van der Waals surface area contributed by atoms with Crippen LogP contribution in [0, 0.1) is 0 Å². The van der Waals surface area contributed by atoms with Gasteiger partial charge in [0.25, 0.3) is 5.91 Å². The first-order valence-electron chi connectivity index (χ1n) is 8.56. The van der Waals surface area contributed by atoms with Gasteiger partial charge >= 0.3 is 0 Å². The number of aryl methyl sites for hydroxylation is 1. The quantitative estimate of drug-likeness (QED) is 0.875. The summed E-state index contributed by atoms with van der Waals surface area (Å²) in [5, 5.41) is 3.54. The van der Waals surface area contributed by atoms with Crippen LogP contribution < -0.4 is 5.32 Å². The third-order valence-electron chi connectivity index (χ3n) is 4.39. The lowest BCUT2D eigenvalue weighted by Crippen LogP contribution is -2.27. The highest BCUT2D eigenvalue weighted by Gasteiger charge is 2.19. The van der Waals surface area contributed by atoms with E-state index in [1.807, 2.05) is 29.2 Å². The Labute approximate surface area is 152 Å². The van der Waals surface area contributed by atoms with Crippen molar-refractivity contribution < 1.29 is 9.59 Å². The maximum Gasteiger partial charge on any atom is 0.253 e. The van der Waals surface area contributed by atoms with Gasteiger partial charge in [-0.25, -0.2) is 0 Å². The highest BCUT2D eigenvalue weighted by atomic mass is 35.5. The summed E-state index contributed by atoms with van der Waals surface area (Å²) >= 11 is 6.10. The van der Waals surface area contributed by atoms with Gasteiger partial charge in [-0.15, -0.1) is 0 Å². The van der Waals surface area contributed by atoms with E-state index in [1.54, 1.807) is 24.3 Å². The van der Waals surface area contributed by atoms with Crippen molar-refractivity contribution >= 4 is 29.1 Å². The average Bonchev–Trinajstić information content (AvgIpc) is 3.16. The summed E-state index contributed by atoms with van der Waals surface area (Å²) in [6, 6.07) is 14.6. The van der Waals surface area contributed by atoms with Crippen LogP contribution in [0.25, 0.3) is 0 Å². The Hall–Kier alpha value is -2.33. The van der Waals surface area contributed by atoms with Crippen LogP contribution in [0.15, 0.2) is 48.5 Å². The summed E-state index contributed by atoms with van der Waals surface area (Å²) in [5.74, 6) is -0.00682. The lowest BCUT2D eigenvalue weighted by Gasteiger charge is -2.15. The van der Waals surface area contributed by atoms with Crippen LogP contribution in [-0.4, -0.2) is 29.8 Å². The number of nitrogens with one attached hydrogen (secondary N) is 1. The molecule has 0 unspecified atom stereocenters. The summed E-state index contributed by atoms with van der Waals surface area (Å²) in [6.07, 6.45) is 3.10. The van der Waals surface area contributed by atoms with Crippen molar-refractivity contribution in [3.8, 4) is 0 Å². The predicted molar refractivity (Wildman–Crippen MR) is 100.0 cm³/mol. The normalized spacial score (nSPS) is 13.7. The van der Waals surface area contributed by atoms with Gasteiger partial charge in [-0.1, -0.05) is 29.8 Å². The van der Waals surface area contributed by atoms with Crippen LogP contribution in [-0.2, 0) is 11.2 Å². The Balaban J connectivity index is 1.53. The summed E-state index contributed by atoms with van der Waals surface area (Å²) < 4.78 is 0. The van der Waals surface area contributed by atoms with Gasteiger partial charge < -0.3 is 10.2 Å². The molecular formula is C20H21ClN2O2. The van der Waals surface area contributed by atoms with Gasteiger partial charge in [0, 0.05) is 35.8 Å². The van der Waals surface area contributed by atoms with Crippen LogP contribution in [0.2, 0.25) is 5.02 Å². The van der Waals surface area contributed by atoms with E-state index >= 15 is 0 Å². The number of carbonyl (C=O) groups excluding carboxylic acids is 2. The van der Waals surface area contributed by atoms with E-state index in [1.165, 1.54) is 0 Å². The molecule has 5 heteroatoms. The molecule has 2 aromatic carbocycles. The molecule has 4 nitrogen and oxygen atoms in total. The maximum absolute atomic E-state index is 12.3. The molecule has 130 valence electrons. The molecular weight excluding hydrogens is 336 g/mol. The van der Waals surface area contributed by atoms with E-state index in [0.29, 0.717) is 29.1 Å². The van der Waals surface area contributed by atoms with Gasteiger partial charge in [0.05, 0.1) is 0 Å². The number of anilines is 1. The van der Waals surface area contributed by atoms with Crippen LogP contribution in [0.1, 0.15) is 35.2 Å². The van der Waals surface area contributed by atoms with Crippen molar-refractivity contribution in [3.63, 3.8) is 0 Å². The number of hydrogen-bond donors (Lipinski definition) is 1. The van der Waals surface area contributed by atoms with E-state index < -0.39 is 0 Å². The van der Waals surface area contributed by atoms with Crippen molar-refractivity contribution in [2.45, 2.75) is 25.7 Å². The molecule has 2 amide bonds. The third-order valence-corrected chi connectivity index (χ3v) is 4.76. The molecule has 1 aliphatic rings. The average molecular weight is 357 g/mol. The van der Waals surface area contributed by atoms with Crippen LogP contribution in [0.5, 0.6) is 0 Å². The minimum absolute atomic E-state index is 0.0640. The van der Waals surface area contributed by atoms with Crippen LogP contribution >= 0.6 is 11.6 Å². The molecule has 0 spiro atoms. The highest BCUT2D eigenvalue weighted by molar-refractivity contribution is 6.31. The lowest BCUT2D eigenvalue weighted by atomic mass is 10.1. The molecule has 0 radical (unpaired) electrons. The van der Waals surface area contributed by atoms with E-state index in [4.69, 9.17) is 11.6 Å². The number of amides is 2. The zero-order valence-corrected chi connectivity index (χ0v) is 14.8. The van der Waals surface area contributed by atoms with Gasteiger partial charge in [0.1, 0.15) is 0 Å². The lowest BCUT2D eigenvalue weighted by molar-refractivity contribution is -0.116. The largest absolute Gasteiger partial charge is 0.339 e. The molecule has 0 aromatic heterocycles. The van der Waals surface area contributed by atoms with E-state index in [0.717, 1.165) is 31.5 Å². The number of likely N-dealkylation sites (tertiary alicyclic amines) is 1. The van der Waals surface area contributed by atoms with Crippen molar-refractivity contribution in [2.24, 2.45) is 0 Å². The van der Waals surface area contributed by atoms with Crippen molar-refractivity contribution in [2.75, 3.05) is 18.4 Å². The second-order valence-electron chi connectivity index (χ2n) is 6.22. The number of rotatable bonds is 5. The first-order chi connectivity index (χ1) is 12.1. The van der Waals surface area contributed by atoms with Crippen LogP contribution in [0.3, 0.4) is 0 Å². The maximum atomic E-state index is 12.3. The molecule has 0 atom stereocenters. The SMILES string of the molecule is O=C(CCc1ccccc1Cl)Nc1ccc(C(=O)N2CCCC2)cc1. The van der Waals surface area contributed by atoms with Gasteiger partial charge in [0.2, 0.25) is 5.91 Å². The van der Waals surface area contributed by atoms with Crippen molar-refractivity contribution in [1.29, 1.82) is 0 Å². The number of hydrogen-bond acceptors (Lipinski definition) is 2. The molecule has 25 heavy (non-hydrogen) atoms. The van der Waals surface area contributed by atoms with Gasteiger partial charge in [-0.3, -0.25) is 9.59 Å². The predicted octanol–water partition coefficient (Wildman–Crippen LogP) is 4.15. The summed E-state index contributed by atoms with van der Waals surface area (Å²) in [4.78, 5) is 26.3. The Morgan fingerprint density at radius 3 is 2.36 bits per heavy atom. The molecule has 1 saturated heterocycles. The Morgan fingerprint density at radius 2 is 1.68 bits per heavy atom. The van der Waals surface area contributed by atoms with Crippen LogP contribution in [0.4, 0.5) is 5.69 Å². The molecule has 1 N–H and O–H groups in total. The zero-order chi connectivity index (χ0) is 17.6. The molecule has 1 aliphatic heterocycles. The van der Waals surface area contributed by atoms with E-state index in [-0.39, 0.29) is 11.8 Å². The third kappa shape index (κ3) is 4.60. The Kier molecular flexibility index (Phi) is 5.71. The number of benzene rings is 2. The zero-order valence-electron chi connectivity index (χ0n) is 14.0. The summed E-state index contributed by atoms with van der Waals surface area (Å²) in [6.45, 7) is 1.67. The molecule has 0 saturated carbocycles. The smallest absolute Gasteiger partial charge is 0.253 e. The molecule has 3 rings (SSSR count). The molecule has 1 heterocycles. The second-order valence-corrected chi connectivity index (χ2v) is 6.62. The van der Waals surface area contributed by atoms with Crippen molar-refractivity contribution in [1.82, 2.24) is 4.90 Å². The summed E-state index contributed by atoms with van der Waals surface area (Å²) in [5.41, 5.74) is 2.32. The fraction of sp³-hybridized carbons (Fsp3) is 0.300. The standard InChI is InChI=1S/C20H21ClN2O2/c21-18-6-2-1-5-15(18)9-12-19(24)22-17-10-7-16(8-11-17)20(25)23-13-3-4-14-23/h1-2,5-8,10-11H,3-4,9,12-14H2,(H,22,24). The van der Waals surface area contributed by atoms with Gasteiger partial charge in [0.15, 0.2) is 0 Å². The number of carbonyl (C=O) groups is 2. The van der Waals surface area contributed by atoms with E-state index in [9.17, 15) is 9.59 Å². The molecule has 0 bridgehead atoms. The summed E-state index contributed by atoms with van der Waals surface area (Å²) in [7, 11) is 0. The van der Waals surface area contributed by atoms with Crippen molar-refractivity contribution in [3.05, 3.63) is 64.7 Å². The van der Waals surface area contributed by atoms with E-state index in [2.05, 4.69) is 5.32 Å². The second kappa shape index (κ2) is 8.17. The fourth-order valence-electron chi connectivity index (χ4n) is 2.97.